The maximum Gasteiger partial charge on any atom is 0.572 e. The lowest BCUT2D eigenvalue weighted by atomic mass is 9.99. The van der Waals surface area contributed by atoms with Gasteiger partial charge in [-0.05, 0) is 31.9 Å². The summed E-state index contributed by atoms with van der Waals surface area (Å²) >= 11 is 0. The van der Waals surface area contributed by atoms with Crippen molar-refractivity contribution in [2.45, 2.75) is 33.1 Å². The minimum absolute atomic E-state index is 0.00981. The van der Waals surface area contributed by atoms with E-state index in [0.717, 1.165) is 11.1 Å². The van der Waals surface area contributed by atoms with Crippen LogP contribution >= 0.6 is 0 Å². The van der Waals surface area contributed by atoms with Crippen LogP contribution in [0.1, 0.15) is 26.7 Å². The van der Waals surface area contributed by atoms with Crippen molar-refractivity contribution in [3.63, 3.8) is 0 Å². The Morgan fingerprint density at radius 1 is 1.23 bits per heavy atom. The Kier molecular flexibility index (Phi) is 2.68. The molecule has 0 saturated heterocycles. The summed E-state index contributed by atoms with van der Waals surface area (Å²) in [6, 6.07) is 0. The monoisotopic (exact) mass is 192 g/mol. The number of hydrogen-bond acceptors (Lipinski definition) is 1. The summed E-state index contributed by atoms with van der Waals surface area (Å²) in [5.74, 6) is 0.00981. The molecule has 0 fully saturated rings. The Bertz CT molecular complexity index is 261. The third-order valence-corrected chi connectivity index (χ3v) is 2.04. The standard InChI is InChI=1S/C9H11F3O/c1-6-3-4-8(5-7(6)2)13-9(10,11)12/h5H,3-4H2,1-2H3. The van der Waals surface area contributed by atoms with Gasteiger partial charge >= 0.3 is 6.36 Å². The van der Waals surface area contributed by atoms with Gasteiger partial charge in [0.2, 0.25) is 0 Å². The van der Waals surface area contributed by atoms with E-state index in [0.29, 0.717) is 12.8 Å². The maximum absolute atomic E-state index is 11.8. The summed E-state index contributed by atoms with van der Waals surface area (Å²) in [7, 11) is 0. The summed E-state index contributed by atoms with van der Waals surface area (Å²) in [4.78, 5) is 0. The van der Waals surface area contributed by atoms with E-state index in [9.17, 15) is 13.2 Å². The molecule has 0 N–H and O–H groups in total. The van der Waals surface area contributed by atoms with Gasteiger partial charge in [-0.3, -0.25) is 0 Å². The fourth-order valence-electron chi connectivity index (χ4n) is 1.17. The SMILES string of the molecule is CC1=C(C)CCC(OC(F)(F)F)=C1. The quantitative estimate of drug-likeness (QED) is 0.617. The first-order valence-electron chi connectivity index (χ1n) is 4.01. The molecule has 0 heterocycles. The molecule has 0 aromatic carbocycles. The van der Waals surface area contributed by atoms with Gasteiger partial charge in [-0.25, -0.2) is 0 Å². The van der Waals surface area contributed by atoms with E-state index in [1.165, 1.54) is 6.08 Å². The second-order valence-corrected chi connectivity index (χ2v) is 3.12. The van der Waals surface area contributed by atoms with Crippen LogP contribution < -0.4 is 0 Å². The predicted molar refractivity (Wildman–Crippen MR) is 42.8 cm³/mol. The number of halogens is 3. The number of ether oxygens (including phenoxy) is 1. The van der Waals surface area contributed by atoms with E-state index in [-0.39, 0.29) is 5.76 Å². The average Bonchev–Trinajstić information content (AvgIpc) is 1.94. The molecule has 0 atom stereocenters. The Balaban J connectivity index is 2.69. The Morgan fingerprint density at radius 2 is 1.85 bits per heavy atom. The largest absolute Gasteiger partial charge is 0.572 e. The van der Waals surface area contributed by atoms with Crippen LogP contribution in [0.3, 0.4) is 0 Å². The number of allylic oxidation sites excluding steroid dienone is 4. The van der Waals surface area contributed by atoms with Crippen LogP contribution in [0.15, 0.2) is 23.0 Å². The summed E-state index contributed by atoms with van der Waals surface area (Å²) in [5, 5.41) is 0. The lowest BCUT2D eigenvalue weighted by molar-refractivity contribution is -0.306. The maximum atomic E-state index is 11.8. The number of hydrogen-bond donors (Lipinski definition) is 0. The van der Waals surface area contributed by atoms with Gasteiger partial charge in [-0.1, -0.05) is 5.57 Å². The summed E-state index contributed by atoms with van der Waals surface area (Å²) in [6.07, 6.45) is -2.12. The zero-order chi connectivity index (χ0) is 10.1. The molecule has 0 saturated carbocycles. The molecular formula is C9H11F3O. The smallest absolute Gasteiger partial charge is 0.410 e. The minimum Gasteiger partial charge on any atom is -0.410 e. The predicted octanol–water partition coefficient (Wildman–Crippen LogP) is 3.54. The van der Waals surface area contributed by atoms with Gasteiger partial charge in [0.25, 0.3) is 0 Å². The summed E-state index contributed by atoms with van der Waals surface area (Å²) < 4.78 is 39.2. The molecule has 0 aliphatic heterocycles. The lowest BCUT2D eigenvalue weighted by Crippen LogP contribution is -2.14. The van der Waals surface area contributed by atoms with Crippen molar-refractivity contribution in [3.05, 3.63) is 23.0 Å². The highest BCUT2D eigenvalue weighted by Crippen LogP contribution is 2.29. The first-order chi connectivity index (χ1) is 5.88. The van der Waals surface area contributed by atoms with E-state index in [2.05, 4.69) is 4.74 Å². The Morgan fingerprint density at radius 3 is 2.31 bits per heavy atom. The van der Waals surface area contributed by atoms with Crippen LogP contribution in [0.5, 0.6) is 0 Å². The second kappa shape index (κ2) is 3.44. The van der Waals surface area contributed by atoms with Crippen molar-refractivity contribution >= 4 is 0 Å². The topological polar surface area (TPSA) is 9.23 Å². The Labute approximate surface area is 74.9 Å². The fraction of sp³-hybridized carbons (Fsp3) is 0.556. The third-order valence-electron chi connectivity index (χ3n) is 2.04. The molecule has 1 aliphatic carbocycles. The lowest BCUT2D eigenvalue weighted by Gasteiger charge is -2.17. The van der Waals surface area contributed by atoms with Crippen LogP contribution in [0, 0.1) is 0 Å². The van der Waals surface area contributed by atoms with E-state index in [1.807, 2.05) is 6.92 Å². The second-order valence-electron chi connectivity index (χ2n) is 3.12. The molecule has 0 spiro atoms. The molecule has 0 aromatic heterocycles. The van der Waals surface area contributed by atoms with Crippen LogP contribution in [-0.4, -0.2) is 6.36 Å². The van der Waals surface area contributed by atoms with Gasteiger partial charge in [0.05, 0.1) is 0 Å². The summed E-state index contributed by atoms with van der Waals surface area (Å²) in [5.41, 5.74) is 1.99. The first kappa shape index (κ1) is 10.2. The molecule has 1 nitrogen and oxygen atoms in total. The van der Waals surface area contributed by atoms with Crippen molar-refractivity contribution in [2.24, 2.45) is 0 Å². The van der Waals surface area contributed by atoms with Gasteiger partial charge in [0.15, 0.2) is 0 Å². The third kappa shape index (κ3) is 3.13. The molecule has 4 heteroatoms. The summed E-state index contributed by atoms with van der Waals surface area (Å²) in [6.45, 7) is 3.70. The van der Waals surface area contributed by atoms with Crippen molar-refractivity contribution in [2.75, 3.05) is 0 Å². The molecule has 74 valence electrons. The molecule has 1 aliphatic rings. The van der Waals surface area contributed by atoms with Gasteiger partial charge in [-0.2, -0.15) is 0 Å². The van der Waals surface area contributed by atoms with E-state index >= 15 is 0 Å². The van der Waals surface area contributed by atoms with E-state index in [1.54, 1.807) is 6.92 Å². The number of alkyl halides is 3. The van der Waals surface area contributed by atoms with Gasteiger partial charge in [0.1, 0.15) is 5.76 Å². The van der Waals surface area contributed by atoms with Crippen molar-refractivity contribution < 1.29 is 17.9 Å². The zero-order valence-corrected chi connectivity index (χ0v) is 7.53. The molecule has 0 amide bonds. The van der Waals surface area contributed by atoms with Gasteiger partial charge < -0.3 is 4.74 Å². The van der Waals surface area contributed by atoms with Gasteiger partial charge in [0, 0.05) is 6.42 Å². The van der Waals surface area contributed by atoms with Crippen LogP contribution in [0.4, 0.5) is 13.2 Å². The average molecular weight is 192 g/mol. The van der Waals surface area contributed by atoms with Crippen molar-refractivity contribution in [1.82, 2.24) is 0 Å². The number of rotatable bonds is 1. The molecule has 0 radical (unpaired) electrons. The molecule has 1 rings (SSSR count). The van der Waals surface area contributed by atoms with Gasteiger partial charge in [-0.15, -0.1) is 13.2 Å². The van der Waals surface area contributed by atoms with Crippen LogP contribution in [-0.2, 0) is 4.74 Å². The van der Waals surface area contributed by atoms with Crippen LogP contribution in [0.25, 0.3) is 0 Å². The minimum atomic E-state index is -4.56. The highest BCUT2D eigenvalue weighted by molar-refractivity contribution is 5.28. The van der Waals surface area contributed by atoms with E-state index < -0.39 is 6.36 Å². The normalized spacial score (nSPS) is 18.7. The van der Waals surface area contributed by atoms with Crippen LogP contribution in [0.2, 0.25) is 0 Å². The highest BCUT2D eigenvalue weighted by Gasteiger charge is 2.32. The van der Waals surface area contributed by atoms with Crippen molar-refractivity contribution in [3.8, 4) is 0 Å². The molecule has 0 bridgehead atoms. The molecule has 13 heavy (non-hydrogen) atoms. The fourth-order valence-corrected chi connectivity index (χ4v) is 1.17. The van der Waals surface area contributed by atoms with Crippen molar-refractivity contribution in [1.29, 1.82) is 0 Å². The molecule has 0 aromatic rings. The highest BCUT2D eigenvalue weighted by atomic mass is 19.4. The molecular weight excluding hydrogens is 181 g/mol. The molecule has 0 unspecified atom stereocenters. The Hall–Kier alpha value is -0.930. The zero-order valence-electron chi connectivity index (χ0n) is 7.53. The van der Waals surface area contributed by atoms with E-state index in [4.69, 9.17) is 0 Å². The first-order valence-corrected chi connectivity index (χ1v) is 4.01.